The van der Waals surface area contributed by atoms with E-state index in [0.717, 1.165) is 61.2 Å². The smallest absolute Gasteiger partial charge is 0.159 e. The van der Waals surface area contributed by atoms with Crippen molar-refractivity contribution in [3.8, 4) is 22.3 Å². The molecule has 0 radical (unpaired) electrons. The Morgan fingerprint density at radius 1 is 0.511 bits per heavy atom. The van der Waals surface area contributed by atoms with Gasteiger partial charge < -0.3 is 9.73 Å². The van der Waals surface area contributed by atoms with Gasteiger partial charge in [0.15, 0.2) is 5.84 Å². The van der Waals surface area contributed by atoms with Gasteiger partial charge in [-0.05, 0) is 39.6 Å². The lowest BCUT2D eigenvalue weighted by atomic mass is 9.97. The Hall–Kier alpha value is -6.26. The van der Waals surface area contributed by atoms with Crippen molar-refractivity contribution in [1.82, 2.24) is 5.32 Å². The van der Waals surface area contributed by atoms with Crippen molar-refractivity contribution in [2.24, 2.45) is 9.98 Å². The predicted octanol–water partition coefficient (Wildman–Crippen LogP) is 10.6. The summed E-state index contributed by atoms with van der Waals surface area (Å²) in [6, 6.07) is 56.9. The number of hydrogen-bond acceptors (Lipinski definition) is 4. The maximum Gasteiger partial charge on any atom is 0.159 e. The lowest BCUT2D eigenvalue weighted by Gasteiger charge is -2.24. The van der Waals surface area contributed by atoms with Gasteiger partial charge in [0.25, 0.3) is 0 Å². The molecule has 1 aliphatic heterocycles. The fraction of sp³-hybridized carbons (Fsp3) is 0.0233. The van der Waals surface area contributed by atoms with E-state index in [-0.39, 0.29) is 6.17 Å². The Balaban J connectivity index is 1.16. The highest BCUT2D eigenvalue weighted by Crippen LogP contribution is 2.40. The molecule has 0 saturated heterocycles. The summed E-state index contributed by atoms with van der Waals surface area (Å²) in [4.78, 5) is 10.2. The van der Waals surface area contributed by atoms with E-state index in [2.05, 4.69) is 139 Å². The number of benzene rings is 7. The van der Waals surface area contributed by atoms with Crippen LogP contribution >= 0.6 is 0 Å². The van der Waals surface area contributed by atoms with Gasteiger partial charge in [0.2, 0.25) is 0 Å². The Labute approximate surface area is 272 Å². The molecule has 1 atom stereocenters. The van der Waals surface area contributed by atoms with E-state index in [1.165, 1.54) is 16.3 Å². The number of nitrogens with one attached hydrogen (secondary N) is 1. The summed E-state index contributed by atoms with van der Waals surface area (Å²) in [5.41, 5.74) is 9.27. The Bertz CT molecular complexity index is 2480. The summed E-state index contributed by atoms with van der Waals surface area (Å²) in [7, 11) is 0. The maximum atomic E-state index is 6.65. The number of nitrogens with zero attached hydrogens (tertiary/aromatic N) is 2. The van der Waals surface area contributed by atoms with Crippen LogP contribution in [0.5, 0.6) is 0 Å². The van der Waals surface area contributed by atoms with Crippen LogP contribution in [0.2, 0.25) is 0 Å². The molecule has 1 N–H and O–H groups in total. The molecule has 2 heterocycles. The van der Waals surface area contributed by atoms with Gasteiger partial charge in [-0.2, -0.15) is 0 Å². The molecule has 0 fully saturated rings. The van der Waals surface area contributed by atoms with Gasteiger partial charge >= 0.3 is 0 Å². The minimum absolute atomic E-state index is 0.375. The maximum absolute atomic E-state index is 6.65. The molecule has 4 nitrogen and oxygen atoms in total. The third-order valence-electron chi connectivity index (χ3n) is 8.95. The quantitative estimate of drug-likeness (QED) is 0.213. The van der Waals surface area contributed by atoms with Crippen LogP contribution in [0.25, 0.3) is 55.0 Å². The molecule has 0 spiro atoms. The van der Waals surface area contributed by atoms with Gasteiger partial charge in [-0.1, -0.05) is 152 Å². The molecule has 1 aliphatic rings. The van der Waals surface area contributed by atoms with E-state index in [9.17, 15) is 0 Å². The average Bonchev–Trinajstić information content (AvgIpc) is 3.54. The zero-order valence-corrected chi connectivity index (χ0v) is 25.5. The minimum atomic E-state index is -0.375. The van der Waals surface area contributed by atoms with Crippen LogP contribution in [0.15, 0.2) is 178 Å². The van der Waals surface area contributed by atoms with E-state index in [1.807, 2.05) is 30.3 Å². The first-order chi connectivity index (χ1) is 23.3. The minimum Gasteiger partial charge on any atom is -0.455 e. The molecule has 4 heteroatoms. The third-order valence-corrected chi connectivity index (χ3v) is 8.95. The van der Waals surface area contributed by atoms with Crippen LogP contribution in [0.3, 0.4) is 0 Å². The molecule has 222 valence electrons. The normalized spacial score (nSPS) is 14.6. The molecule has 1 unspecified atom stereocenters. The van der Waals surface area contributed by atoms with Crippen molar-refractivity contribution in [2.75, 3.05) is 0 Å². The van der Waals surface area contributed by atoms with Crippen molar-refractivity contribution < 1.29 is 4.42 Å². The zero-order chi connectivity index (χ0) is 31.2. The summed E-state index contributed by atoms with van der Waals surface area (Å²) in [5.74, 6) is 1.48. The third kappa shape index (κ3) is 4.88. The summed E-state index contributed by atoms with van der Waals surface area (Å²) in [6.07, 6.45) is -0.375. The first-order valence-corrected chi connectivity index (χ1v) is 15.9. The first-order valence-electron chi connectivity index (χ1n) is 15.9. The van der Waals surface area contributed by atoms with E-state index in [1.54, 1.807) is 0 Å². The summed E-state index contributed by atoms with van der Waals surface area (Å²) in [6.45, 7) is 0. The highest BCUT2D eigenvalue weighted by Gasteiger charge is 2.25. The number of hydrogen-bond donors (Lipinski definition) is 1. The van der Waals surface area contributed by atoms with Gasteiger partial charge in [0, 0.05) is 33.0 Å². The van der Waals surface area contributed by atoms with Crippen molar-refractivity contribution >= 4 is 44.4 Å². The average molecular weight is 604 g/mol. The second-order valence-electron chi connectivity index (χ2n) is 11.8. The molecule has 8 aromatic rings. The number of amidine groups is 2. The molecule has 7 aromatic carbocycles. The van der Waals surface area contributed by atoms with Gasteiger partial charge in [-0.15, -0.1) is 0 Å². The van der Waals surface area contributed by atoms with E-state index in [4.69, 9.17) is 14.4 Å². The standard InChI is InChI=1S/C43H29N3O/c1-3-11-28(12-4-1)30-21-24-32(25-22-30)42-44-41(31-14-5-2-6-15-31)45-43(46-42)37-19-10-20-38-39(37)36-18-9-17-35(40(36)47-38)34-26-23-29-13-7-8-16-33(29)27-34/h1-27,43H,(H,44,45,46). The number of aliphatic imine (C=N–C) groups is 2. The first kappa shape index (κ1) is 27.1. The Morgan fingerprint density at radius 2 is 1.17 bits per heavy atom. The fourth-order valence-corrected chi connectivity index (χ4v) is 6.61. The van der Waals surface area contributed by atoms with Gasteiger partial charge in [0.1, 0.15) is 23.2 Å². The van der Waals surface area contributed by atoms with Crippen LogP contribution in [0.1, 0.15) is 22.9 Å². The number of fused-ring (bicyclic) bond motifs is 4. The molecule has 0 aliphatic carbocycles. The second kappa shape index (κ2) is 11.3. The molecular formula is C43H29N3O. The number of furan rings is 1. The summed E-state index contributed by atoms with van der Waals surface area (Å²) in [5, 5.41) is 8.23. The molecule has 0 saturated carbocycles. The van der Waals surface area contributed by atoms with Gasteiger partial charge in [-0.3, -0.25) is 0 Å². The van der Waals surface area contributed by atoms with Crippen LogP contribution in [0, 0.1) is 0 Å². The van der Waals surface area contributed by atoms with E-state index in [0.29, 0.717) is 5.84 Å². The van der Waals surface area contributed by atoms with Crippen molar-refractivity contribution in [2.45, 2.75) is 6.17 Å². The van der Waals surface area contributed by atoms with Crippen molar-refractivity contribution in [3.05, 3.63) is 180 Å². The van der Waals surface area contributed by atoms with Crippen molar-refractivity contribution in [1.29, 1.82) is 0 Å². The predicted molar refractivity (Wildman–Crippen MR) is 194 cm³/mol. The molecule has 0 amide bonds. The molecule has 9 rings (SSSR count). The summed E-state index contributed by atoms with van der Waals surface area (Å²) >= 11 is 0. The fourth-order valence-electron chi connectivity index (χ4n) is 6.61. The molecular weight excluding hydrogens is 574 g/mol. The van der Waals surface area contributed by atoms with Crippen LogP contribution < -0.4 is 5.32 Å². The second-order valence-corrected chi connectivity index (χ2v) is 11.8. The van der Waals surface area contributed by atoms with Gasteiger partial charge in [0.05, 0.1) is 0 Å². The Morgan fingerprint density at radius 3 is 1.98 bits per heavy atom. The lowest BCUT2D eigenvalue weighted by Crippen LogP contribution is -2.33. The van der Waals surface area contributed by atoms with Crippen LogP contribution in [0.4, 0.5) is 0 Å². The topological polar surface area (TPSA) is 49.9 Å². The number of rotatable bonds is 5. The monoisotopic (exact) mass is 603 g/mol. The highest BCUT2D eigenvalue weighted by atomic mass is 16.3. The SMILES string of the molecule is c1ccc(C2=NC(c3cccc4oc5c(-c6ccc7ccccc7c6)cccc5c34)NC(c3ccc(-c4ccccc4)cc3)=N2)cc1. The van der Waals surface area contributed by atoms with E-state index >= 15 is 0 Å². The van der Waals surface area contributed by atoms with Crippen LogP contribution in [-0.2, 0) is 0 Å². The van der Waals surface area contributed by atoms with Gasteiger partial charge in [-0.25, -0.2) is 9.98 Å². The van der Waals surface area contributed by atoms with Crippen molar-refractivity contribution in [3.63, 3.8) is 0 Å². The Kier molecular flexibility index (Phi) is 6.50. The van der Waals surface area contributed by atoms with Crippen LogP contribution in [-0.4, -0.2) is 11.7 Å². The largest absolute Gasteiger partial charge is 0.455 e. The zero-order valence-electron chi connectivity index (χ0n) is 25.5. The molecule has 1 aromatic heterocycles. The summed E-state index contributed by atoms with van der Waals surface area (Å²) < 4.78 is 6.65. The lowest BCUT2D eigenvalue weighted by molar-refractivity contribution is 0.663. The number of para-hydroxylation sites is 1. The molecule has 47 heavy (non-hydrogen) atoms. The highest BCUT2D eigenvalue weighted by molar-refractivity contribution is 6.15. The molecule has 0 bridgehead atoms. The van der Waals surface area contributed by atoms with E-state index < -0.39 is 0 Å².